The minimum absolute atomic E-state index is 0.956. The molecule has 0 atom stereocenters. The lowest BCUT2D eigenvalue weighted by molar-refractivity contribution is 0.00101. The Morgan fingerprint density at radius 2 is 1.75 bits per heavy atom. The number of hydrogen-bond acceptors (Lipinski definition) is 0. The van der Waals surface area contributed by atoms with Gasteiger partial charge in [0.25, 0.3) is 5.92 Å². The van der Waals surface area contributed by atoms with Gasteiger partial charge in [-0.05, 0) is 0 Å². The maximum atomic E-state index is 11.9. The molecule has 0 unspecified atom stereocenters. The second-order valence-corrected chi connectivity index (χ2v) is 6.07. The van der Waals surface area contributed by atoms with Crippen molar-refractivity contribution in [3.63, 3.8) is 0 Å². The molecule has 0 aliphatic rings. The van der Waals surface area contributed by atoms with Crippen molar-refractivity contribution in [3.8, 4) is 0 Å². The summed E-state index contributed by atoms with van der Waals surface area (Å²) in [5.74, 6) is -3.15. The van der Waals surface area contributed by atoms with Crippen LogP contribution < -0.4 is 0 Å². The van der Waals surface area contributed by atoms with E-state index in [-0.39, 0.29) is 0 Å². The summed E-state index contributed by atoms with van der Waals surface area (Å²) < 4.78 is 34.1. The molecule has 0 N–H and O–H groups in total. The zero-order chi connectivity index (χ0) is 6.78. The largest absolute Gasteiger partial charge is 0.296 e. The third-order valence-electron chi connectivity index (χ3n) is 0.497. The molecule has 0 radical (unpaired) electrons. The summed E-state index contributed by atoms with van der Waals surface area (Å²) in [4.78, 5) is 0. The van der Waals surface area contributed by atoms with Crippen molar-refractivity contribution in [2.75, 3.05) is 6.67 Å². The molecule has 0 bridgehead atoms. The fourth-order valence-corrected chi connectivity index (χ4v) is 0.391. The first kappa shape index (κ1) is 9.25. The molecule has 0 rings (SSSR count). The van der Waals surface area contributed by atoms with Gasteiger partial charge in [-0.2, -0.15) is 0 Å². The van der Waals surface area contributed by atoms with Gasteiger partial charge in [-0.15, -0.1) is 0 Å². The van der Waals surface area contributed by atoms with Gasteiger partial charge in [0.2, 0.25) is 0 Å². The molecule has 0 aromatic heterocycles. The van der Waals surface area contributed by atoms with Gasteiger partial charge in [-0.25, -0.2) is 13.2 Å². The van der Waals surface area contributed by atoms with Crippen molar-refractivity contribution in [1.82, 2.24) is 0 Å². The maximum Gasteiger partial charge on any atom is 0.296 e. The van der Waals surface area contributed by atoms with Crippen LogP contribution in [0.5, 0.6) is 0 Å². The quantitative estimate of drug-likeness (QED) is 0.531. The van der Waals surface area contributed by atoms with E-state index in [1.54, 1.807) is 0 Å². The second-order valence-electron chi connectivity index (χ2n) is 1.20. The highest BCUT2D eigenvalue weighted by Crippen LogP contribution is 2.30. The first-order chi connectivity index (χ1) is 3.50. The van der Waals surface area contributed by atoms with Crippen LogP contribution in [0.15, 0.2) is 0 Å². The average Bonchev–Trinajstić information content (AvgIpc) is 1.67. The van der Waals surface area contributed by atoms with E-state index < -0.39 is 14.5 Å². The maximum absolute atomic E-state index is 11.9. The molecule has 50 valence electrons. The van der Waals surface area contributed by atoms with Crippen LogP contribution in [0.3, 0.4) is 0 Å². The Bertz CT molecular complexity index is 72.9. The minimum Gasteiger partial charge on any atom is -0.244 e. The molecule has 0 fully saturated rings. The molecular formula is C3H3F3I2. The third-order valence-corrected chi connectivity index (χ3v) is 2.32. The first-order valence-corrected chi connectivity index (χ1v) is 4.22. The monoisotopic (exact) mass is 350 g/mol. The zero-order valence-electron chi connectivity index (χ0n) is 3.67. The summed E-state index contributed by atoms with van der Waals surface area (Å²) in [6.45, 7) is -1.57. The van der Waals surface area contributed by atoms with E-state index in [2.05, 4.69) is 0 Å². The number of alkyl halides is 5. The molecule has 5 heteroatoms. The highest BCUT2D eigenvalue weighted by Gasteiger charge is 2.35. The molecule has 0 aliphatic carbocycles. The summed E-state index contributed by atoms with van der Waals surface area (Å²) in [5, 5.41) is 0. The summed E-state index contributed by atoms with van der Waals surface area (Å²) in [6.07, 6.45) is 0. The van der Waals surface area contributed by atoms with Gasteiger partial charge in [0.15, 0.2) is 6.67 Å². The Kier molecular flexibility index (Phi) is 3.96. The molecule has 8 heavy (non-hydrogen) atoms. The number of rotatable bonds is 2. The Morgan fingerprint density at radius 1 is 1.38 bits per heavy atom. The van der Waals surface area contributed by atoms with Crippen LogP contribution in [0.1, 0.15) is 0 Å². The van der Waals surface area contributed by atoms with Gasteiger partial charge in [0, 0.05) is 0 Å². The SMILES string of the molecule is FCC(F)(F)C(I)I. The topological polar surface area (TPSA) is 0 Å². The van der Waals surface area contributed by atoms with Gasteiger partial charge < -0.3 is 0 Å². The lowest BCUT2D eigenvalue weighted by Crippen LogP contribution is -2.25. The lowest BCUT2D eigenvalue weighted by Gasteiger charge is -2.11. The fourth-order valence-electron chi connectivity index (χ4n) is 0.0583. The molecule has 0 heterocycles. The van der Waals surface area contributed by atoms with Crippen molar-refractivity contribution < 1.29 is 13.2 Å². The van der Waals surface area contributed by atoms with Crippen molar-refractivity contribution >= 4 is 45.2 Å². The van der Waals surface area contributed by atoms with Crippen LogP contribution in [0.2, 0.25) is 0 Å². The number of halogens is 5. The highest BCUT2D eigenvalue weighted by molar-refractivity contribution is 14.2. The summed E-state index contributed by atoms with van der Waals surface area (Å²) in [7, 11) is 0. The molecule has 0 amide bonds. The van der Waals surface area contributed by atoms with E-state index in [1.807, 2.05) is 0 Å². The Hall–Kier alpha value is 1.25. The number of hydrogen-bond donors (Lipinski definition) is 0. The van der Waals surface area contributed by atoms with Gasteiger partial charge >= 0.3 is 0 Å². The van der Waals surface area contributed by atoms with E-state index in [0.717, 1.165) is 0 Å². The van der Waals surface area contributed by atoms with E-state index in [0.29, 0.717) is 0 Å². The van der Waals surface area contributed by atoms with Crippen LogP contribution in [-0.4, -0.2) is 14.5 Å². The first-order valence-electron chi connectivity index (χ1n) is 1.72. The van der Waals surface area contributed by atoms with Crippen molar-refractivity contribution in [2.24, 2.45) is 0 Å². The lowest BCUT2D eigenvalue weighted by atomic mass is 10.4. The normalized spacial score (nSPS) is 12.8. The minimum atomic E-state index is -3.15. The van der Waals surface area contributed by atoms with E-state index >= 15 is 0 Å². The summed E-state index contributed by atoms with van der Waals surface area (Å²) in [6, 6.07) is 0. The molecule has 0 saturated heterocycles. The van der Waals surface area contributed by atoms with Crippen molar-refractivity contribution in [1.29, 1.82) is 0 Å². The molecule has 0 aromatic rings. The Labute approximate surface area is 72.5 Å². The van der Waals surface area contributed by atoms with Gasteiger partial charge in [-0.3, -0.25) is 0 Å². The average molecular weight is 350 g/mol. The predicted molar refractivity (Wildman–Crippen MR) is 42.8 cm³/mol. The van der Waals surface area contributed by atoms with E-state index in [1.165, 1.54) is 45.2 Å². The van der Waals surface area contributed by atoms with Crippen LogP contribution >= 0.6 is 45.2 Å². The Balaban J connectivity index is 3.71. The summed E-state index contributed by atoms with van der Waals surface area (Å²) in [5.41, 5.74) is 0. The van der Waals surface area contributed by atoms with Crippen molar-refractivity contribution in [3.05, 3.63) is 0 Å². The standard InChI is InChI=1S/C3H3F3I2/c4-1-3(5,6)2(7)8/h2H,1H2. The summed E-state index contributed by atoms with van der Waals surface area (Å²) >= 11 is 2.96. The molecule has 0 saturated carbocycles. The van der Waals surface area contributed by atoms with Crippen LogP contribution in [0.25, 0.3) is 0 Å². The molecule has 0 spiro atoms. The van der Waals surface area contributed by atoms with Gasteiger partial charge in [-0.1, -0.05) is 45.2 Å². The highest BCUT2D eigenvalue weighted by atomic mass is 127. The van der Waals surface area contributed by atoms with E-state index in [9.17, 15) is 13.2 Å². The molecule has 0 nitrogen and oxygen atoms in total. The van der Waals surface area contributed by atoms with Crippen LogP contribution in [0.4, 0.5) is 13.2 Å². The smallest absolute Gasteiger partial charge is 0.244 e. The van der Waals surface area contributed by atoms with Crippen LogP contribution in [-0.2, 0) is 0 Å². The fraction of sp³-hybridized carbons (Fsp3) is 1.00. The predicted octanol–water partition coefficient (Wildman–Crippen LogP) is 2.79. The third kappa shape index (κ3) is 2.70. The van der Waals surface area contributed by atoms with E-state index in [4.69, 9.17) is 0 Å². The zero-order valence-corrected chi connectivity index (χ0v) is 7.99. The second kappa shape index (κ2) is 3.43. The van der Waals surface area contributed by atoms with Crippen LogP contribution in [0, 0.1) is 0 Å². The molecule has 0 aromatic carbocycles. The molecule has 0 aliphatic heterocycles. The molecular weight excluding hydrogens is 347 g/mol. The Morgan fingerprint density at radius 3 is 1.75 bits per heavy atom. The van der Waals surface area contributed by atoms with Gasteiger partial charge in [0.1, 0.15) is 1.93 Å². The van der Waals surface area contributed by atoms with Gasteiger partial charge in [0.05, 0.1) is 0 Å². The van der Waals surface area contributed by atoms with Crippen molar-refractivity contribution in [2.45, 2.75) is 7.85 Å².